The highest BCUT2D eigenvalue weighted by molar-refractivity contribution is 4.88. The highest BCUT2D eigenvalue weighted by Crippen LogP contribution is 2.35. The van der Waals surface area contributed by atoms with Crippen molar-refractivity contribution in [3.8, 4) is 0 Å². The Balaban J connectivity index is 2.71. The van der Waals surface area contributed by atoms with Crippen LogP contribution in [0.5, 0.6) is 0 Å². The van der Waals surface area contributed by atoms with Crippen molar-refractivity contribution in [3.63, 3.8) is 0 Å². The molecule has 0 aromatic rings. The smallest absolute Gasteiger partial charge is 0.164 e. The van der Waals surface area contributed by atoms with Crippen LogP contribution in [0.15, 0.2) is 0 Å². The number of hydrogen-bond donors (Lipinski definition) is 0. The van der Waals surface area contributed by atoms with Crippen molar-refractivity contribution in [2.45, 2.75) is 45.2 Å². The molecule has 1 aliphatic heterocycles. The SMILES string of the molecule is CC1(C)OC(C[O])C(C)(C)O1. The van der Waals surface area contributed by atoms with Gasteiger partial charge in [-0.25, -0.2) is 5.11 Å². The molecule has 0 amide bonds. The number of rotatable bonds is 1. The number of hydrogen-bond acceptors (Lipinski definition) is 2. The van der Waals surface area contributed by atoms with E-state index >= 15 is 0 Å². The molecule has 1 saturated heterocycles. The van der Waals surface area contributed by atoms with E-state index in [0.29, 0.717) is 0 Å². The molecule has 0 aliphatic carbocycles. The van der Waals surface area contributed by atoms with Gasteiger partial charge in [0.2, 0.25) is 0 Å². The van der Waals surface area contributed by atoms with Crippen LogP contribution < -0.4 is 0 Å². The van der Waals surface area contributed by atoms with Crippen LogP contribution in [-0.4, -0.2) is 24.1 Å². The van der Waals surface area contributed by atoms with E-state index in [0.717, 1.165) is 0 Å². The fourth-order valence-corrected chi connectivity index (χ4v) is 1.44. The summed E-state index contributed by atoms with van der Waals surface area (Å²) >= 11 is 0. The van der Waals surface area contributed by atoms with Crippen LogP contribution in [0.1, 0.15) is 27.7 Å². The molecule has 1 rings (SSSR count). The van der Waals surface area contributed by atoms with E-state index < -0.39 is 11.4 Å². The zero-order valence-corrected chi connectivity index (χ0v) is 7.51. The van der Waals surface area contributed by atoms with Crippen LogP contribution in [-0.2, 0) is 14.6 Å². The standard InChI is InChI=1S/C8H15O3/c1-7(2)6(5-9)10-8(3,4)11-7/h6H,5H2,1-4H3. The average molecular weight is 159 g/mol. The zero-order valence-electron chi connectivity index (χ0n) is 7.51. The van der Waals surface area contributed by atoms with Gasteiger partial charge in [-0.05, 0) is 27.7 Å². The molecule has 0 aromatic carbocycles. The minimum absolute atomic E-state index is 0.240. The van der Waals surface area contributed by atoms with Crippen LogP contribution in [0.4, 0.5) is 0 Å². The van der Waals surface area contributed by atoms with Crippen molar-refractivity contribution in [2.75, 3.05) is 6.61 Å². The lowest BCUT2D eigenvalue weighted by Gasteiger charge is -2.22. The lowest BCUT2D eigenvalue weighted by molar-refractivity contribution is -0.159. The molecule has 1 radical (unpaired) electrons. The van der Waals surface area contributed by atoms with Gasteiger partial charge < -0.3 is 9.47 Å². The van der Waals surface area contributed by atoms with Crippen LogP contribution in [0, 0.1) is 0 Å². The van der Waals surface area contributed by atoms with Crippen molar-refractivity contribution in [1.82, 2.24) is 0 Å². The van der Waals surface area contributed by atoms with Gasteiger partial charge in [0, 0.05) is 0 Å². The minimum Gasteiger partial charge on any atom is -0.342 e. The van der Waals surface area contributed by atoms with E-state index in [9.17, 15) is 5.11 Å². The van der Waals surface area contributed by atoms with Crippen molar-refractivity contribution in [3.05, 3.63) is 0 Å². The third-order valence-corrected chi connectivity index (χ3v) is 1.86. The Morgan fingerprint density at radius 3 is 2.00 bits per heavy atom. The summed E-state index contributed by atoms with van der Waals surface area (Å²) in [6.07, 6.45) is -0.322. The fraction of sp³-hybridized carbons (Fsp3) is 1.00. The molecule has 1 heterocycles. The predicted molar refractivity (Wildman–Crippen MR) is 39.7 cm³/mol. The highest BCUT2D eigenvalue weighted by Gasteiger charge is 2.46. The Morgan fingerprint density at radius 1 is 1.27 bits per heavy atom. The molecule has 0 aromatic heterocycles. The first-order valence-electron chi connectivity index (χ1n) is 3.83. The first-order valence-corrected chi connectivity index (χ1v) is 3.83. The fourth-order valence-electron chi connectivity index (χ4n) is 1.44. The van der Waals surface area contributed by atoms with E-state index in [4.69, 9.17) is 9.47 Å². The number of ether oxygens (including phenoxy) is 2. The molecular formula is C8H15O3. The Labute approximate surface area is 67.3 Å². The summed E-state index contributed by atoms with van der Waals surface area (Å²) in [6, 6.07) is 0. The van der Waals surface area contributed by atoms with Crippen LogP contribution >= 0.6 is 0 Å². The zero-order chi connectivity index (χ0) is 8.70. The largest absolute Gasteiger partial charge is 0.342 e. The van der Waals surface area contributed by atoms with Gasteiger partial charge in [0.15, 0.2) is 5.79 Å². The molecular weight excluding hydrogens is 144 g/mol. The lowest BCUT2D eigenvalue weighted by Crippen LogP contribution is -2.35. The molecule has 0 saturated carbocycles. The molecule has 1 atom stereocenters. The molecule has 0 spiro atoms. The van der Waals surface area contributed by atoms with Gasteiger partial charge in [0.1, 0.15) is 12.7 Å². The van der Waals surface area contributed by atoms with Gasteiger partial charge in [-0.3, -0.25) is 0 Å². The second-order valence-corrected chi connectivity index (χ2v) is 3.88. The third-order valence-electron chi connectivity index (χ3n) is 1.86. The van der Waals surface area contributed by atoms with Gasteiger partial charge in [-0.1, -0.05) is 0 Å². The van der Waals surface area contributed by atoms with Crippen LogP contribution in [0.3, 0.4) is 0 Å². The second-order valence-electron chi connectivity index (χ2n) is 3.88. The molecule has 1 unspecified atom stereocenters. The molecule has 0 bridgehead atoms. The van der Waals surface area contributed by atoms with Gasteiger partial charge in [-0.15, -0.1) is 0 Å². The normalized spacial score (nSPS) is 34.1. The Hall–Kier alpha value is -0.120. The summed E-state index contributed by atoms with van der Waals surface area (Å²) in [6.45, 7) is 7.17. The van der Waals surface area contributed by atoms with E-state index in [1.54, 1.807) is 0 Å². The molecule has 11 heavy (non-hydrogen) atoms. The predicted octanol–water partition coefficient (Wildman–Crippen LogP) is 1.35. The molecule has 1 fully saturated rings. The molecule has 65 valence electrons. The van der Waals surface area contributed by atoms with Crippen molar-refractivity contribution in [1.29, 1.82) is 0 Å². The van der Waals surface area contributed by atoms with E-state index in [2.05, 4.69) is 0 Å². The van der Waals surface area contributed by atoms with Crippen molar-refractivity contribution in [2.24, 2.45) is 0 Å². The maximum atomic E-state index is 10.6. The second kappa shape index (κ2) is 2.44. The van der Waals surface area contributed by atoms with Gasteiger partial charge in [0.25, 0.3) is 0 Å². The first-order chi connectivity index (χ1) is 4.87. The third kappa shape index (κ3) is 1.72. The summed E-state index contributed by atoms with van der Waals surface area (Å²) in [5.41, 5.74) is -0.439. The molecule has 1 aliphatic rings. The van der Waals surface area contributed by atoms with E-state index in [-0.39, 0.29) is 12.7 Å². The van der Waals surface area contributed by atoms with Gasteiger partial charge in [0.05, 0.1) is 5.60 Å². The van der Waals surface area contributed by atoms with Crippen LogP contribution in [0.2, 0.25) is 0 Å². The van der Waals surface area contributed by atoms with E-state index in [1.165, 1.54) is 0 Å². The molecule has 3 nitrogen and oxygen atoms in total. The molecule has 3 heteroatoms. The first kappa shape index (κ1) is 8.97. The van der Waals surface area contributed by atoms with Gasteiger partial charge in [-0.2, -0.15) is 0 Å². The topological polar surface area (TPSA) is 38.4 Å². The maximum Gasteiger partial charge on any atom is 0.164 e. The quantitative estimate of drug-likeness (QED) is 0.579. The Kier molecular flexibility index (Phi) is 1.99. The van der Waals surface area contributed by atoms with Crippen molar-refractivity contribution < 1.29 is 14.6 Å². The van der Waals surface area contributed by atoms with Crippen molar-refractivity contribution >= 4 is 0 Å². The average Bonchev–Trinajstić information content (AvgIpc) is 1.99. The van der Waals surface area contributed by atoms with Gasteiger partial charge >= 0.3 is 0 Å². The summed E-state index contributed by atoms with van der Waals surface area (Å²) in [7, 11) is 0. The molecule has 0 N–H and O–H groups in total. The van der Waals surface area contributed by atoms with E-state index in [1.807, 2.05) is 27.7 Å². The summed E-state index contributed by atoms with van der Waals surface area (Å²) < 4.78 is 10.9. The maximum absolute atomic E-state index is 10.6. The summed E-state index contributed by atoms with van der Waals surface area (Å²) in [5, 5.41) is 10.6. The summed E-state index contributed by atoms with van der Waals surface area (Å²) in [5.74, 6) is -0.599. The van der Waals surface area contributed by atoms with Crippen LogP contribution in [0.25, 0.3) is 0 Å². The monoisotopic (exact) mass is 159 g/mol. The minimum atomic E-state index is -0.599. The Bertz CT molecular complexity index is 151. The summed E-state index contributed by atoms with van der Waals surface area (Å²) in [4.78, 5) is 0. The lowest BCUT2D eigenvalue weighted by atomic mass is 10.0. The Morgan fingerprint density at radius 2 is 1.82 bits per heavy atom. The highest BCUT2D eigenvalue weighted by atomic mass is 16.8.